The van der Waals surface area contributed by atoms with Crippen molar-refractivity contribution < 1.29 is 38.2 Å². The Bertz CT molecular complexity index is 717. The van der Waals surface area contributed by atoms with Crippen LogP contribution in [0.5, 0.6) is 0 Å². The van der Waals surface area contributed by atoms with Crippen molar-refractivity contribution in [2.75, 3.05) is 13.2 Å². The molecule has 0 aromatic heterocycles. The number of rotatable bonds is 12. The van der Waals surface area contributed by atoms with Crippen LogP contribution in [0.25, 0.3) is 0 Å². The van der Waals surface area contributed by atoms with Crippen LogP contribution in [0, 0.1) is 5.92 Å². The summed E-state index contributed by atoms with van der Waals surface area (Å²) in [5.41, 5.74) is -0.666. The van der Waals surface area contributed by atoms with Gasteiger partial charge in [-0.2, -0.15) is 0 Å². The average Bonchev–Trinajstić information content (AvgIpc) is 3.05. The van der Waals surface area contributed by atoms with Crippen LogP contribution < -0.4 is 0 Å². The molecule has 1 rings (SSSR count). The second kappa shape index (κ2) is 15.9. The zero-order valence-corrected chi connectivity index (χ0v) is 19.6. The third kappa shape index (κ3) is 12.8. The lowest BCUT2D eigenvalue weighted by atomic mass is 9.38. The Hall–Kier alpha value is -2.84. The Morgan fingerprint density at radius 2 is 1.19 bits per heavy atom. The summed E-state index contributed by atoms with van der Waals surface area (Å²) >= 11 is 0. The van der Waals surface area contributed by atoms with E-state index in [2.05, 4.69) is 0 Å². The number of carbonyl (C=O) groups excluding carboxylic acids is 6. The molecule has 0 bridgehead atoms. The average molecular weight is 448 g/mol. The Labute approximate surface area is 189 Å². The van der Waals surface area contributed by atoms with Crippen LogP contribution in [0.2, 0.25) is 5.82 Å². The molecule has 1 heterocycles. The normalized spacial score (nSPS) is 13.8. The molecule has 0 aromatic carbocycles. The molecule has 0 aromatic rings. The van der Waals surface area contributed by atoms with Crippen molar-refractivity contribution in [2.24, 2.45) is 5.92 Å². The summed E-state index contributed by atoms with van der Waals surface area (Å²) in [5, 5.41) is 0. The minimum absolute atomic E-state index is 0.0970. The molecule has 0 aliphatic carbocycles. The zero-order chi connectivity index (χ0) is 24.7. The van der Waals surface area contributed by atoms with Crippen molar-refractivity contribution >= 4 is 41.6 Å². The summed E-state index contributed by atoms with van der Waals surface area (Å²) in [6.07, 6.45) is 8.13. The predicted molar refractivity (Wildman–Crippen MR) is 120 cm³/mol. The summed E-state index contributed by atoms with van der Waals surface area (Å²) in [4.78, 5) is 66.4. The van der Waals surface area contributed by atoms with Gasteiger partial charge in [-0.15, -0.1) is 0 Å². The number of esters is 2. The maximum absolute atomic E-state index is 11.9. The van der Waals surface area contributed by atoms with Crippen LogP contribution >= 0.6 is 0 Å². The lowest BCUT2D eigenvalue weighted by Gasteiger charge is -2.13. The van der Waals surface area contributed by atoms with E-state index in [0.717, 1.165) is 19.3 Å². The minimum atomic E-state index is -0.923. The standard InChI is InChI=1S/C17H25BO6.C6H8O2/c1-12(2)16(21)23-10-6-4-5-7-11-24-17(22)13(3)18-14(19)8-9-15(18)20;1-5(7)3-4-6(2)8/h8-9,12-13H,4-7,10-11H2,1-3H3;3-4H,1-2H3/b;4-3-. The summed E-state index contributed by atoms with van der Waals surface area (Å²) < 4.78 is 10.2. The lowest BCUT2D eigenvalue weighted by molar-refractivity contribution is -0.147. The molecule has 0 amide bonds. The number of carbonyl (C=O) groups is 6. The van der Waals surface area contributed by atoms with E-state index in [-0.39, 0.29) is 41.4 Å². The smallest absolute Gasteiger partial charge is 0.327 e. The SMILES string of the molecule is CC(=O)/C=C\C(C)=O.CC(C)C(=O)OCCCCCCOC(=O)C(C)B1C(=O)C=CC1=O. The van der Waals surface area contributed by atoms with Crippen molar-refractivity contribution in [3.05, 3.63) is 24.3 Å². The van der Waals surface area contributed by atoms with Crippen LogP contribution in [0.3, 0.4) is 0 Å². The van der Waals surface area contributed by atoms with Gasteiger partial charge in [0, 0.05) is 5.82 Å². The molecule has 0 saturated heterocycles. The molecule has 0 saturated carbocycles. The van der Waals surface area contributed by atoms with Crippen molar-refractivity contribution in [3.8, 4) is 0 Å². The van der Waals surface area contributed by atoms with Crippen LogP contribution in [-0.2, 0) is 38.2 Å². The van der Waals surface area contributed by atoms with Gasteiger partial charge in [0.25, 0.3) is 0 Å². The topological polar surface area (TPSA) is 121 Å². The van der Waals surface area contributed by atoms with Crippen molar-refractivity contribution in [3.63, 3.8) is 0 Å². The molecule has 0 N–H and O–H groups in total. The molecule has 32 heavy (non-hydrogen) atoms. The minimum Gasteiger partial charge on any atom is -0.466 e. The number of ether oxygens (including phenoxy) is 2. The number of ketones is 2. The fraction of sp³-hybridized carbons (Fsp3) is 0.565. The van der Waals surface area contributed by atoms with Gasteiger partial charge < -0.3 is 19.1 Å². The number of allylic oxidation sites excluding steroid dienone is 4. The van der Waals surface area contributed by atoms with E-state index < -0.39 is 18.5 Å². The van der Waals surface area contributed by atoms with Crippen LogP contribution in [-0.4, -0.2) is 54.8 Å². The van der Waals surface area contributed by atoms with Gasteiger partial charge in [0.2, 0.25) is 0 Å². The third-order valence-electron chi connectivity index (χ3n) is 4.45. The highest BCUT2D eigenvalue weighted by atomic mass is 16.5. The van der Waals surface area contributed by atoms with Gasteiger partial charge in [0.15, 0.2) is 11.6 Å². The first-order chi connectivity index (χ1) is 15.0. The van der Waals surface area contributed by atoms with E-state index in [1.807, 2.05) is 0 Å². The lowest BCUT2D eigenvalue weighted by Crippen LogP contribution is -2.37. The number of hydrogen-bond acceptors (Lipinski definition) is 8. The Balaban J connectivity index is 0.00000102. The fourth-order valence-corrected chi connectivity index (χ4v) is 2.58. The largest absolute Gasteiger partial charge is 0.466 e. The zero-order valence-electron chi connectivity index (χ0n) is 19.6. The first kappa shape index (κ1) is 29.2. The van der Waals surface area contributed by atoms with Crippen molar-refractivity contribution in [1.29, 1.82) is 0 Å². The molecule has 1 aliphatic heterocycles. The monoisotopic (exact) mass is 448 g/mol. The summed E-state index contributed by atoms with van der Waals surface area (Å²) in [6.45, 7) is 7.68. The number of unbranched alkanes of at least 4 members (excludes halogenated alkanes) is 3. The van der Waals surface area contributed by atoms with Gasteiger partial charge in [-0.3, -0.25) is 19.2 Å². The van der Waals surface area contributed by atoms with E-state index in [1.165, 1.54) is 38.2 Å². The quantitative estimate of drug-likeness (QED) is 0.193. The van der Waals surface area contributed by atoms with Crippen LogP contribution in [0.15, 0.2) is 24.3 Å². The molecule has 9 heteroatoms. The summed E-state index contributed by atoms with van der Waals surface area (Å²) in [6, 6.07) is 0. The van der Waals surface area contributed by atoms with Gasteiger partial charge in [-0.25, -0.2) is 0 Å². The third-order valence-corrected chi connectivity index (χ3v) is 4.45. The molecule has 176 valence electrons. The molecule has 0 radical (unpaired) electrons. The summed E-state index contributed by atoms with van der Waals surface area (Å²) in [7, 11) is 0. The van der Waals surface area contributed by atoms with E-state index in [4.69, 9.17) is 9.47 Å². The second-order valence-electron chi connectivity index (χ2n) is 7.86. The molecule has 0 fully saturated rings. The molecule has 1 atom stereocenters. The van der Waals surface area contributed by atoms with Gasteiger partial charge in [0.1, 0.15) is 11.4 Å². The number of hydrogen-bond donors (Lipinski definition) is 0. The molecular weight excluding hydrogens is 415 g/mol. The Kier molecular flexibility index (Phi) is 14.5. The van der Waals surface area contributed by atoms with E-state index in [9.17, 15) is 28.8 Å². The highest BCUT2D eigenvalue weighted by molar-refractivity contribution is 7.17. The maximum Gasteiger partial charge on any atom is 0.327 e. The van der Waals surface area contributed by atoms with Gasteiger partial charge in [-0.1, -0.05) is 20.8 Å². The van der Waals surface area contributed by atoms with Crippen LogP contribution in [0.1, 0.15) is 60.3 Å². The highest BCUT2D eigenvalue weighted by Crippen LogP contribution is 2.18. The first-order valence-corrected chi connectivity index (χ1v) is 10.8. The highest BCUT2D eigenvalue weighted by Gasteiger charge is 2.42. The predicted octanol–water partition coefficient (Wildman–Crippen LogP) is 2.68. The fourth-order valence-electron chi connectivity index (χ4n) is 2.58. The Morgan fingerprint density at radius 3 is 1.56 bits per heavy atom. The molecule has 1 unspecified atom stereocenters. The molecular formula is C23H33BO8. The van der Waals surface area contributed by atoms with Gasteiger partial charge in [0.05, 0.1) is 19.1 Å². The first-order valence-electron chi connectivity index (χ1n) is 10.8. The van der Waals surface area contributed by atoms with E-state index in [1.54, 1.807) is 20.8 Å². The summed E-state index contributed by atoms with van der Waals surface area (Å²) in [5.74, 6) is -1.77. The van der Waals surface area contributed by atoms with Gasteiger partial charge in [-0.05, 0) is 63.8 Å². The Morgan fingerprint density at radius 1 is 0.781 bits per heavy atom. The molecule has 0 spiro atoms. The molecule has 1 aliphatic rings. The second-order valence-corrected chi connectivity index (χ2v) is 7.86. The molecule has 8 nitrogen and oxygen atoms in total. The van der Waals surface area contributed by atoms with Crippen molar-refractivity contribution in [1.82, 2.24) is 0 Å². The van der Waals surface area contributed by atoms with Gasteiger partial charge >= 0.3 is 18.7 Å². The van der Waals surface area contributed by atoms with E-state index in [0.29, 0.717) is 13.0 Å². The van der Waals surface area contributed by atoms with E-state index >= 15 is 0 Å². The maximum atomic E-state index is 11.9. The van der Waals surface area contributed by atoms with Crippen molar-refractivity contribution in [2.45, 2.75) is 66.1 Å². The van der Waals surface area contributed by atoms with Crippen LogP contribution in [0.4, 0.5) is 0 Å².